The van der Waals surface area contributed by atoms with Crippen LogP contribution in [0.4, 0.5) is 13.2 Å². The van der Waals surface area contributed by atoms with Crippen molar-refractivity contribution in [3.8, 4) is 0 Å². The minimum atomic E-state index is -1.25. The van der Waals surface area contributed by atoms with Gasteiger partial charge in [0.15, 0.2) is 17.5 Å². The van der Waals surface area contributed by atoms with E-state index in [4.69, 9.17) is 20.2 Å². The number of likely N-dealkylation sites (tertiary alicyclic amines) is 1. The average molecular weight is 440 g/mol. The van der Waals surface area contributed by atoms with Gasteiger partial charge in [0.1, 0.15) is 5.82 Å². The van der Waals surface area contributed by atoms with Crippen molar-refractivity contribution in [2.75, 3.05) is 6.54 Å². The Morgan fingerprint density at radius 1 is 1.26 bits per heavy atom. The van der Waals surface area contributed by atoms with Crippen molar-refractivity contribution in [1.29, 1.82) is 0 Å². The van der Waals surface area contributed by atoms with Gasteiger partial charge in [0, 0.05) is 31.0 Å². The molecule has 2 fully saturated rings. The van der Waals surface area contributed by atoms with Crippen LogP contribution in [-0.2, 0) is 16.0 Å². The van der Waals surface area contributed by atoms with E-state index in [1.807, 2.05) is 0 Å². The third-order valence-corrected chi connectivity index (χ3v) is 5.26. The third-order valence-electron chi connectivity index (χ3n) is 5.26. The number of carboxylic acid groups (broad SMARTS) is 1. The molecule has 168 valence electrons. The Labute approximate surface area is 176 Å². The van der Waals surface area contributed by atoms with Gasteiger partial charge in [-0.2, -0.15) is 4.98 Å². The topological polar surface area (TPSA) is 123 Å². The Morgan fingerprint density at radius 3 is 2.61 bits per heavy atom. The van der Waals surface area contributed by atoms with Crippen molar-refractivity contribution in [3.05, 3.63) is 46.9 Å². The zero-order chi connectivity index (χ0) is 22.5. The molecule has 0 bridgehead atoms. The summed E-state index contributed by atoms with van der Waals surface area (Å²) >= 11 is 0. The summed E-state index contributed by atoms with van der Waals surface area (Å²) in [5.41, 5.74) is 5.94. The lowest BCUT2D eigenvalue weighted by atomic mass is 10.0. The van der Waals surface area contributed by atoms with Gasteiger partial charge in [0.25, 0.3) is 6.47 Å². The molecule has 0 spiro atoms. The van der Waals surface area contributed by atoms with Crippen LogP contribution in [0.15, 0.2) is 16.7 Å². The van der Waals surface area contributed by atoms with Gasteiger partial charge in [0.05, 0.1) is 6.04 Å². The molecular weight excluding hydrogens is 417 g/mol. The summed E-state index contributed by atoms with van der Waals surface area (Å²) in [5, 5.41) is 10.9. The normalized spacial score (nSPS) is 19.0. The molecule has 3 N–H and O–H groups in total. The summed E-state index contributed by atoms with van der Waals surface area (Å²) in [6, 6.07) is 0.298. The fourth-order valence-corrected chi connectivity index (χ4v) is 3.63. The minimum absolute atomic E-state index is 0.0394. The van der Waals surface area contributed by atoms with Gasteiger partial charge in [0.2, 0.25) is 11.8 Å². The van der Waals surface area contributed by atoms with E-state index < -0.39 is 23.5 Å². The maximum absolute atomic E-state index is 13.8. The number of hydrogen-bond donors (Lipinski definition) is 2. The highest BCUT2D eigenvalue weighted by molar-refractivity contribution is 5.77. The summed E-state index contributed by atoms with van der Waals surface area (Å²) in [4.78, 5) is 27.2. The van der Waals surface area contributed by atoms with Gasteiger partial charge in [-0.1, -0.05) is 5.16 Å². The molecule has 2 unspecified atom stereocenters. The number of benzene rings is 1. The minimum Gasteiger partial charge on any atom is -0.483 e. The first-order valence-electron chi connectivity index (χ1n) is 9.93. The van der Waals surface area contributed by atoms with Gasteiger partial charge in [-0.15, -0.1) is 0 Å². The predicted octanol–water partition coefficient (Wildman–Crippen LogP) is 2.69. The van der Waals surface area contributed by atoms with Gasteiger partial charge in [-0.25, -0.2) is 13.2 Å². The molecule has 2 heterocycles. The number of halogens is 3. The first-order valence-corrected chi connectivity index (χ1v) is 9.93. The Morgan fingerprint density at radius 2 is 1.94 bits per heavy atom. The molecule has 1 aliphatic heterocycles. The lowest BCUT2D eigenvalue weighted by Crippen LogP contribution is -2.36. The molecule has 1 amide bonds. The van der Waals surface area contributed by atoms with E-state index in [1.54, 1.807) is 4.90 Å². The van der Waals surface area contributed by atoms with Crippen LogP contribution in [0.25, 0.3) is 0 Å². The first kappa shape index (κ1) is 22.7. The second-order valence-electron chi connectivity index (χ2n) is 7.64. The van der Waals surface area contributed by atoms with Crippen LogP contribution < -0.4 is 5.73 Å². The lowest BCUT2D eigenvalue weighted by molar-refractivity contribution is -0.132. The highest BCUT2D eigenvalue weighted by Crippen LogP contribution is 2.40. The smallest absolute Gasteiger partial charge is 0.290 e. The predicted molar refractivity (Wildman–Crippen MR) is 101 cm³/mol. The Hall–Kier alpha value is -2.95. The molecule has 2 atom stereocenters. The van der Waals surface area contributed by atoms with E-state index in [0.29, 0.717) is 30.2 Å². The molecule has 1 saturated heterocycles. The maximum Gasteiger partial charge on any atom is 0.290 e. The van der Waals surface area contributed by atoms with Crippen LogP contribution in [0.1, 0.15) is 61.3 Å². The molecule has 8 nitrogen and oxygen atoms in total. The highest BCUT2D eigenvalue weighted by atomic mass is 19.2. The first-order chi connectivity index (χ1) is 14.8. The second-order valence-corrected chi connectivity index (χ2v) is 7.64. The number of nitrogens with zero attached hydrogens (tertiary/aromatic N) is 3. The average Bonchev–Trinajstić information content (AvgIpc) is 3.24. The Balaban J connectivity index is 0.000000858. The van der Waals surface area contributed by atoms with Crippen molar-refractivity contribution in [1.82, 2.24) is 15.0 Å². The van der Waals surface area contributed by atoms with E-state index in [0.717, 1.165) is 31.7 Å². The molecule has 11 heteroatoms. The largest absolute Gasteiger partial charge is 0.483 e. The van der Waals surface area contributed by atoms with Crippen molar-refractivity contribution in [2.45, 2.75) is 56.5 Å². The maximum atomic E-state index is 13.8. The summed E-state index contributed by atoms with van der Waals surface area (Å²) in [6.45, 7) is 0.309. The van der Waals surface area contributed by atoms with Gasteiger partial charge in [-0.05, 0) is 43.7 Å². The van der Waals surface area contributed by atoms with Crippen molar-refractivity contribution < 1.29 is 32.4 Å². The summed E-state index contributed by atoms with van der Waals surface area (Å²) in [7, 11) is 0. The summed E-state index contributed by atoms with van der Waals surface area (Å²) in [6.07, 6.45) is 3.54. The van der Waals surface area contributed by atoms with E-state index in [2.05, 4.69) is 10.1 Å². The molecular formula is C20H23F3N4O4. The Kier molecular flexibility index (Phi) is 7.26. The molecule has 4 rings (SSSR count). The molecule has 0 radical (unpaired) electrons. The quantitative estimate of drug-likeness (QED) is 0.523. The number of aromatic nitrogens is 2. The second kappa shape index (κ2) is 9.90. The van der Waals surface area contributed by atoms with E-state index >= 15 is 0 Å². The van der Waals surface area contributed by atoms with Crippen molar-refractivity contribution in [3.63, 3.8) is 0 Å². The van der Waals surface area contributed by atoms with E-state index in [-0.39, 0.29) is 36.8 Å². The molecule has 1 aromatic heterocycles. The number of amides is 1. The third kappa shape index (κ3) is 5.60. The molecule has 31 heavy (non-hydrogen) atoms. The van der Waals surface area contributed by atoms with Crippen LogP contribution in [-0.4, -0.2) is 45.1 Å². The standard InChI is InChI=1S/C19H21F3N4O2.CH2O2/c20-13-9-15(22)14(21)7-11(13)6-12(23)8-17(27)26-5-1-2-16(26)18-24-19(28-25-18)10-3-4-10;2-1-3/h7,9-10,12,16H,1-6,8,23H2;1H,(H,2,3). The van der Waals surface area contributed by atoms with Crippen LogP contribution in [0, 0.1) is 17.5 Å². The number of hydrogen-bond acceptors (Lipinski definition) is 6. The fraction of sp³-hybridized carbons (Fsp3) is 0.500. The van der Waals surface area contributed by atoms with Gasteiger partial charge in [-0.3, -0.25) is 9.59 Å². The molecule has 1 aromatic carbocycles. The highest BCUT2D eigenvalue weighted by Gasteiger charge is 2.36. The monoisotopic (exact) mass is 440 g/mol. The number of nitrogens with two attached hydrogens (primary N) is 1. The lowest BCUT2D eigenvalue weighted by Gasteiger charge is -2.24. The van der Waals surface area contributed by atoms with Gasteiger partial charge < -0.3 is 20.3 Å². The number of carbonyl (C=O) groups is 2. The van der Waals surface area contributed by atoms with E-state index in [9.17, 15) is 18.0 Å². The summed E-state index contributed by atoms with van der Waals surface area (Å²) < 4.78 is 45.5. The fourth-order valence-electron chi connectivity index (χ4n) is 3.63. The van der Waals surface area contributed by atoms with Gasteiger partial charge >= 0.3 is 0 Å². The number of rotatable bonds is 6. The zero-order valence-corrected chi connectivity index (χ0v) is 16.6. The SMILES string of the molecule is NC(CC(=O)N1CCCC1c1noc(C2CC2)n1)Cc1cc(F)c(F)cc1F.O=CO. The Bertz CT molecular complexity index is 935. The van der Waals surface area contributed by atoms with Crippen LogP contribution in [0.2, 0.25) is 0 Å². The van der Waals surface area contributed by atoms with E-state index in [1.165, 1.54) is 0 Å². The molecule has 1 saturated carbocycles. The molecule has 2 aliphatic rings. The van der Waals surface area contributed by atoms with Crippen LogP contribution in [0.5, 0.6) is 0 Å². The van der Waals surface area contributed by atoms with Crippen LogP contribution >= 0.6 is 0 Å². The van der Waals surface area contributed by atoms with Crippen LogP contribution in [0.3, 0.4) is 0 Å². The zero-order valence-electron chi connectivity index (χ0n) is 16.6. The summed E-state index contributed by atoms with van der Waals surface area (Å²) in [5.74, 6) is -2.00. The van der Waals surface area contributed by atoms with Crippen molar-refractivity contribution >= 4 is 12.4 Å². The van der Waals surface area contributed by atoms with Crippen molar-refractivity contribution in [2.24, 2.45) is 5.73 Å². The number of carbonyl (C=O) groups excluding carboxylic acids is 1. The molecule has 2 aromatic rings. The molecule has 1 aliphatic carbocycles.